The van der Waals surface area contributed by atoms with Gasteiger partial charge in [-0.15, -0.1) is 0 Å². The predicted molar refractivity (Wildman–Crippen MR) is 93.0 cm³/mol. The van der Waals surface area contributed by atoms with Gasteiger partial charge in [0, 0.05) is 0 Å². The number of hydrogen-bond acceptors (Lipinski definition) is 1. The third-order valence-corrected chi connectivity index (χ3v) is 4.67. The van der Waals surface area contributed by atoms with Crippen LogP contribution in [0.3, 0.4) is 0 Å². The lowest BCUT2D eigenvalue weighted by atomic mass is 10.0. The Morgan fingerprint density at radius 1 is 0.905 bits per heavy atom. The monoisotopic (exact) mass is 374 g/mol. The molecule has 0 saturated heterocycles. The van der Waals surface area contributed by atoms with Crippen molar-refractivity contribution >= 4 is 11.8 Å². The Morgan fingerprint density at radius 3 is 2.05 bits per heavy atom. The third-order valence-electron chi connectivity index (χ3n) is 3.90. The summed E-state index contributed by atoms with van der Waals surface area (Å²) in [5.41, 5.74) is 2.61. The minimum atomic E-state index is 0. The van der Waals surface area contributed by atoms with Crippen LogP contribution in [0.5, 0.6) is 5.75 Å². The van der Waals surface area contributed by atoms with E-state index < -0.39 is 0 Å². The average Bonchev–Trinajstić information content (AvgIpc) is 2.43. The molecule has 0 spiro atoms. The highest BCUT2D eigenvalue weighted by atomic mass is 79.9. The second-order valence-electron chi connectivity index (χ2n) is 5.73. The number of unbranched alkanes of at least 4 members (excludes halogenated alkanes) is 7. The number of rotatable bonds is 11. The first-order valence-electron chi connectivity index (χ1n) is 8.08. The van der Waals surface area contributed by atoms with E-state index in [1.807, 2.05) is 6.07 Å². The second-order valence-corrected chi connectivity index (χ2v) is 6.81. The zero-order chi connectivity index (χ0) is 14.6. The molecule has 0 radical (unpaired) electrons. The van der Waals surface area contributed by atoms with Gasteiger partial charge >= 0.3 is 0 Å². The van der Waals surface area contributed by atoms with Gasteiger partial charge in [-0.25, -0.2) is 0 Å². The van der Waals surface area contributed by atoms with Crippen molar-refractivity contribution in [2.45, 2.75) is 64.7 Å². The SMILES string of the molecule is C[SH+]CCCCCCCCCCc1ccc(O)cc1C.[Br-]. The first-order valence-corrected chi connectivity index (χ1v) is 9.61. The van der Waals surface area contributed by atoms with E-state index in [1.54, 1.807) is 17.8 Å². The van der Waals surface area contributed by atoms with Gasteiger partial charge < -0.3 is 22.1 Å². The second kappa shape index (κ2) is 13.5. The predicted octanol–water partition coefficient (Wildman–Crippen LogP) is 1.81. The molecule has 0 bridgehead atoms. The van der Waals surface area contributed by atoms with Crippen molar-refractivity contribution in [2.75, 3.05) is 12.0 Å². The molecule has 0 unspecified atom stereocenters. The molecule has 1 rings (SSSR count). The molecule has 1 aromatic rings. The summed E-state index contributed by atoms with van der Waals surface area (Å²) in [6.07, 6.45) is 14.5. The lowest BCUT2D eigenvalue weighted by Gasteiger charge is -2.06. The van der Waals surface area contributed by atoms with E-state index >= 15 is 0 Å². The Balaban J connectivity index is 0.00000400. The van der Waals surface area contributed by atoms with Gasteiger partial charge in [-0.1, -0.05) is 38.2 Å². The number of thiol groups is 1. The van der Waals surface area contributed by atoms with E-state index in [4.69, 9.17) is 0 Å². The molecular formula is C18H31BrOS. The van der Waals surface area contributed by atoms with Gasteiger partial charge in [-0.2, -0.15) is 0 Å². The molecule has 0 aliphatic carbocycles. The Hall–Kier alpha value is -0.150. The summed E-state index contributed by atoms with van der Waals surface area (Å²) in [5.74, 6) is 1.76. The quantitative estimate of drug-likeness (QED) is 0.355. The highest BCUT2D eigenvalue weighted by Crippen LogP contribution is 2.18. The fourth-order valence-corrected chi connectivity index (χ4v) is 3.15. The lowest BCUT2D eigenvalue weighted by Crippen LogP contribution is -3.00. The van der Waals surface area contributed by atoms with Gasteiger partial charge in [0.2, 0.25) is 0 Å². The maximum atomic E-state index is 9.38. The van der Waals surface area contributed by atoms with Crippen LogP contribution >= 0.6 is 0 Å². The third kappa shape index (κ3) is 10.2. The maximum Gasteiger partial charge on any atom is 0.115 e. The molecular weight excluding hydrogens is 344 g/mol. The fourth-order valence-electron chi connectivity index (χ4n) is 2.61. The molecule has 0 aliphatic rings. The van der Waals surface area contributed by atoms with Crippen molar-refractivity contribution in [1.82, 2.24) is 0 Å². The Labute approximate surface area is 145 Å². The van der Waals surface area contributed by atoms with Crippen LogP contribution in [-0.2, 0) is 18.2 Å². The summed E-state index contributed by atoms with van der Waals surface area (Å²) < 4.78 is 0. The standard InChI is InChI=1S/C18H30OS.BrH/c1-16-15-18(19)13-12-17(16)11-9-7-5-3-4-6-8-10-14-20-2;/h12-13,15,19H,3-11,14H2,1-2H3;1H. The molecule has 0 aromatic heterocycles. The Bertz CT molecular complexity index is 368. The molecule has 1 nitrogen and oxygen atoms in total. The fraction of sp³-hybridized carbons (Fsp3) is 0.667. The Morgan fingerprint density at radius 2 is 1.48 bits per heavy atom. The molecule has 0 saturated carbocycles. The summed E-state index contributed by atoms with van der Waals surface area (Å²) in [6, 6.07) is 5.74. The molecule has 0 aliphatic heterocycles. The number of aromatic hydroxyl groups is 1. The summed E-state index contributed by atoms with van der Waals surface area (Å²) in [6.45, 7) is 2.09. The Kier molecular flexibility index (Phi) is 13.4. The van der Waals surface area contributed by atoms with E-state index in [2.05, 4.69) is 19.2 Å². The van der Waals surface area contributed by atoms with E-state index in [0.29, 0.717) is 5.75 Å². The van der Waals surface area contributed by atoms with E-state index in [-0.39, 0.29) is 17.0 Å². The zero-order valence-corrected chi connectivity index (χ0v) is 16.1. The van der Waals surface area contributed by atoms with Crippen molar-refractivity contribution in [3.63, 3.8) is 0 Å². The molecule has 3 heteroatoms. The molecule has 1 N–H and O–H groups in total. The number of halogens is 1. The number of hydrogen-bond donors (Lipinski definition) is 1. The average molecular weight is 375 g/mol. The molecule has 21 heavy (non-hydrogen) atoms. The van der Waals surface area contributed by atoms with Crippen LogP contribution in [0.2, 0.25) is 0 Å². The van der Waals surface area contributed by atoms with Crippen LogP contribution in [0.4, 0.5) is 0 Å². The highest BCUT2D eigenvalue weighted by Gasteiger charge is 2.00. The number of benzene rings is 1. The van der Waals surface area contributed by atoms with Gasteiger partial charge in [-0.05, 0) is 67.6 Å². The highest BCUT2D eigenvalue weighted by molar-refractivity contribution is 7.77. The van der Waals surface area contributed by atoms with E-state index in [0.717, 1.165) is 6.42 Å². The first kappa shape index (κ1) is 20.9. The normalized spacial score (nSPS) is 10.4. The first-order chi connectivity index (χ1) is 9.74. The molecule has 0 heterocycles. The molecule has 0 atom stereocenters. The molecule has 0 fully saturated rings. The van der Waals surface area contributed by atoms with Crippen LogP contribution in [0, 0.1) is 6.92 Å². The lowest BCUT2D eigenvalue weighted by molar-refractivity contribution is -0.00000538. The smallest absolute Gasteiger partial charge is 0.115 e. The van der Waals surface area contributed by atoms with E-state index in [9.17, 15) is 5.11 Å². The summed E-state index contributed by atoms with van der Waals surface area (Å²) in [7, 11) is 0. The summed E-state index contributed by atoms with van der Waals surface area (Å²) in [5, 5.41) is 9.38. The number of aryl methyl sites for hydroxylation is 2. The number of phenolic OH excluding ortho intramolecular Hbond substituents is 1. The summed E-state index contributed by atoms with van der Waals surface area (Å²) >= 11 is 1.55. The largest absolute Gasteiger partial charge is 1.00 e. The molecule has 0 amide bonds. The minimum absolute atomic E-state index is 0. The van der Waals surface area contributed by atoms with Gasteiger partial charge in [-0.3, -0.25) is 0 Å². The maximum absolute atomic E-state index is 9.38. The van der Waals surface area contributed by atoms with Gasteiger partial charge in [0.1, 0.15) is 11.5 Å². The minimum Gasteiger partial charge on any atom is -1.00 e. The van der Waals surface area contributed by atoms with Gasteiger partial charge in [0.05, 0.1) is 6.26 Å². The topological polar surface area (TPSA) is 20.2 Å². The van der Waals surface area contributed by atoms with Gasteiger partial charge in [0.25, 0.3) is 0 Å². The summed E-state index contributed by atoms with van der Waals surface area (Å²) in [4.78, 5) is 0. The van der Waals surface area contributed by atoms with E-state index in [1.165, 1.54) is 68.2 Å². The van der Waals surface area contributed by atoms with Gasteiger partial charge in [0.15, 0.2) is 0 Å². The molecule has 122 valence electrons. The van der Waals surface area contributed by atoms with Crippen molar-refractivity contribution in [3.8, 4) is 5.75 Å². The molecule has 1 aromatic carbocycles. The van der Waals surface area contributed by atoms with Crippen molar-refractivity contribution in [2.24, 2.45) is 0 Å². The zero-order valence-electron chi connectivity index (χ0n) is 13.6. The van der Waals surface area contributed by atoms with Crippen LogP contribution < -0.4 is 17.0 Å². The van der Waals surface area contributed by atoms with Crippen molar-refractivity contribution in [3.05, 3.63) is 29.3 Å². The van der Waals surface area contributed by atoms with Crippen LogP contribution in [0.15, 0.2) is 18.2 Å². The van der Waals surface area contributed by atoms with Crippen LogP contribution in [0.1, 0.15) is 62.5 Å². The van der Waals surface area contributed by atoms with Crippen molar-refractivity contribution in [1.29, 1.82) is 0 Å². The van der Waals surface area contributed by atoms with Crippen molar-refractivity contribution < 1.29 is 22.1 Å². The van der Waals surface area contributed by atoms with Crippen LogP contribution in [-0.4, -0.2) is 17.1 Å². The number of phenols is 1. The van der Waals surface area contributed by atoms with Crippen LogP contribution in [0.25, 0.3) is 0 Å².